The Hall–Kier alpha value is -1.10. The van der Waals surface area contributed by atoms with E-state index in [1.165, 1.54) is 0 Å². The summed E-state index contributed by atoms with van der Waals surface area (Å²) in [6.07, 6.45) is 6.19. The first-order valence-corrected chi connectivity index (χ1v) is 8.22. The minimum absolute atomic E-state index is 0.0681. The second-order valence-corrected chi connectivity index (χ2v) is 6.16. The lowest BCUT2D eigenvalue weighted by molar-refractivity contribution is -0.125. The van der Waals surface area contributed by atoms with E-state index in [9.17, 15) is 14.7 Å². The number of amides is 2. The standard InChI is InChI=1S/C16H30N2O3/c1-3-16(4-2,12-19)11-18-14(20)9-10-17-15(21)13-7-5-6-8-13/h13,19H,3-12H2,1-2H3,(H,17,21)(H,18,20). The van der Waals surface area contributed by atoms with Gasteiger partial charge < -0.3 is 15.7 Å². The first-order chi connectivity index (χ1) is 10.1. The Balaban J connectivity index is 2.20. The second kappa shape index (κ2) is 9.03. The summed E-state index contributed by atoms with van der Waals surface area (Å²) in [5.41, 5.74) is -0.219. The van der Waals surface area contributed by atoms with E-state index < -0.39 is 0 Å². The molecule has 0 aromatic heterocycles. The van der Waals surface area contributed by atoms with E-state index in [-0.39, 0.29) is 29.8 Å². The van der Waals surface area contributed by atoms with Crippen molar-refractivity contribution in [3.05, 3.63) is 0 Å². The minimum atomic E-state index is -0.219. The number of carbonyl (C=O) groups excluding carboxylic acids is 2. The Kier molecular flexibility index (Phi) is 7.72. The van der Waals surface area contributed by atoms with Gasteiger partial charge in [-0.05, 0) is 25.7 Å². The van der Waals surface area contributed by atoms with Crippen LogP contribution in [-0.2, 0) is 9.59 Å². The molecule has 1 saturated carbocycles. The van der Waals surface area contributed by atoms with Gasteiger partial charge in [0.15, 0.2) is 0 Å². The molecule has 0 spiro atoms. The topological polar surface area (TPSA) is 78.4 Å². The molecule has 0 aromatic rings. The Morgan fingerprint density at radius 3 is 2.29 bits per heavy atom. The van der Waals surface area contributed by atoms with Crippen LogP contribution in [0.4, 0.5) is 0 Å². The van der Waals surface area contributed by atoms with Gasteiger partial charge in [-0.15, -0.1) is 0 Å². The molecule has 3 N–H and O–H groups in total. The highest BCUT2D eigenvalue weighted by atomic mass is 16.3. The number of aliphatic hydroxyl groups is 1. The molecule has 122 valence electrons. The van der Waals surface area contributed by atoms with E-state index in [1.807, 2.05) is 13.8 Å². The summed E-state index contributed by atoms with van der Waals surface area (Å²) in [4.78, 5) is 23.6. The van der Waals surface area contributed by atoms with E-state index in [4.69, 9.17) is 0 Å². The molecule has 0 saturated heterocycles. The van der Waals surface area contributed by atoms with Gasteiger partial charge in [-0.2, -0.15) is 0 Å². The maximum Gasteiger partial charge on any atom is 0.223 e. The van der Waals surface area contributed by atoms with Crippen molar-refractivity contribution in [3.63, 3.8) is 0 Å². The van der Waals surface area contributed by atoms with Gasteiger partial charge in [0, 0.05) is 30.8 Å². The first kappa shape index (κ1) is 18.0. The summed E-state index contributed by atoms with van der Waals surface area (Å²) in [5.74, 6) is 0.170. The van der Waals surface area contributed by atoms with Gasteiger partial charge >= 0.3 is 0 Å². The molecular weight excluding hydrogens is 268 g/mol. The quantitative estimate of drug-likeness (QED) is 0.605. The lowest BCUT2D eigenvalue weighted by Crippen LogP contribution is -2.40. The van der Waals surface area contributed by atoms with Gasteiger partial charge in [0.2, 0.25) is 11.8 Å². The molecule has 1 rings (SSSR count). The third-order valence-corrected chi connectivity index (χ3v) is 4.87. The summed E-state index contributed by atoms with van der Waals surface area (Å²) in [7, 11) is 0. The Morgan fingerprint density at radius 2 is 1.76 bits per heavy atom. The number of nitrogens with one attached hydrogen (secondary N) is 2. The molecule has 2 amide bonds. The molecule has 0 aliphatic heterocycles. The van der Waals surface area contributed by atoms with Gasteiger partial charge in [0.1, 0.15) is 0 Å². The van der Waals surface area contributed by atoms with Crippen LogP contribution in [0.1, 0.15) is 58.8 Å². The van der Waals surface area contributed by atoms with Crippen molar-refractivity contribution in [2.45, 2.75) is 58.8 Å². The van der Waals surface area contributed by atoms with Crippen molar-refractivity contribution in [2.24, 2.45) is 11.3 Å². The Morgan fingerprint density at radius 1 is 1.14 bits per heavy atom. The highest BCUT2D eigenvalue weighted by Gasteiger charge is 2.26. The van der Waals surface area contributed by atoms with Gasteiger partial charge in [0.25, 0.3) is 0 Å². The predicted octanol–water partition coefficient (Wildman–Crippen LogP) is 1.60. The molecule has 21 heavy (non-hydrogen) atoms. The van der Waals surface area contributed by atoms with Crippen molar-refractivity contribution >= 4 is 11.8 Å². The average molecular weight is 298 g/mol. The molecular formula is C16H30N2O3. The molecule has 5 heteroatoms. The molecule has 0 unspecified atom stereocenters. The fourth-order valence-corrected chi connectivity index (χ4v) is 2.79. The van der Waals surface area contributed by atoms with E-state index >= 15 is 0 Å². The van der Waals surface area contributed by atoms with Crippen molar-refractivity contribution in [2.75, 3.05) is 19.7 Å². The van der Waals surface area contributed by atoms with Crippen LogP contribution in [0.2, 0.25) is 0 Å². The lowest BCUT2D eigenvalue weighted by atomic mass is 9.83. The van der Waals surface area contributed by atoms with Crippen molar-refractivity contribution in [1.82, 2.24) is 10.6 Å². The van der Waals surface area contributed by atoms with Gasteiger partial charge in [-0.3, -0.25) is 9.59 Å². The largest absolute Gasteiger partial charge is 0.396 e. The number of aliphatic hydroxyl groups excluding tert-OH is 1. The molecule has 0 aromatic carbocycles. The normalized spacial score (nSPS) is 16.0. The zero-order chi connectivity index (χ0) is 15.7. The summed E-state index contributed by atoms with van der Waals surface area (Å²) in [6.45, 7) is 5.01. The van der Waals surface area contributed by atoms with Crippen LogP contribution in [0.5, 0.6) is 0 Å². The maximum atomic E-state index is 11.8. The Labute approximate surface area is 127 Å². The van der Waals surface area contributed by atoms with Crippen LogP contribution in [-0.4, -0.2) is 36.6 Å². The average Bonchev–Trinajstić information content (AvgIpc) is 3.03. The fourth-order valence-electron chi connectivity index (χ4n) is 2.79. The lowest BCUT2D eigenvalue weighted by Gasteiger charge is -2.29. The van der Waals surface area contributed by atoms with Crippen LogP contribution in [0.15, 0.2) is 0 Å². The minimum Gasteiger partial charge on any atom is -0.396 e. The highest BCUT2D eigenvalue weighted by molar-refractivity contribution is 5.80. The van der Waals surface area contributed by atoms with E-state index in [1.54, 1.807) is 0 Å². The molecule has 1 aliphatic carbocycles. The monoisotopic (exact) mass is 298 g/mol. The van der Waals surface area contributed by atoms with Gasteiger partial charge in [-0.25, -0.2) is 0 Å². The molecule has 0 radical (unpaired) electrons. The van der Waals surface area contributed by atoms with Crippen LogP contribution >= 0.6 is 0 Å². The van der Waals surface area contributed by atoms with E-state index in [2.05, 4.69) is 10.6 Å². The van der Waals surface area contributed by atoms with E-state index in [0.717, 1.165) is 38.5 Å². The van der Waals surface area contributed by atoms with E-state index in [0.29, 0.717) is 19.5 Å². The molecule has 1 fully saturated rings. The molecule has 0 heterocycles. The molecule has 0 bridgehead atoms. The second-order valence-electron chi connectivity index (χ2n) is 6.16. The smallest absolute Gasteiger partial charge is 0.223 e. The maximum absolute atomic E-state index is 11.8. The van der Waals surface area contributed by atoms with Crippen LogP contribution in [0, 0.1) is 11.3 Å². The summed E-state index contributed by atoms with van der Waals surface area (Å²) >= 11 is 0. The van der Waals surface area contributed by atoms with Crippen LogP contribution in [0.25, 0.3) is 0 Å². The fraction of sp³-hybridized carbons (Fsp3) is 0.875. The molecule has 1 aliphatic rings. The van der Waals surface area contributed by atoms with Crippen molar-refractivity contribution in [1.29, 1.82) is 0 Å². The summed E-state index contributed by atoms with van der Waals surface area (Å²) < 4.78 is 0. The number of hydrogen-bond donors (Lipinski definition) is 3. The molecule has 5 nitrogen and oxygen atoms in total. The third-order valence-electron chi connectivity index (χ3n) is 4.87. The number of hydrogen-bond acceptors (Lipinski definition) is 3. The predicted molar refractivity (Wildman–Crippen MR) is 82.7 cm³/mol. The SMILES string of the molecule is CCC(CC)(CO)CNC(=O)CCNC(=O)C1CCCC1. The van der Waals surface area contributed by atoms with Crippen molar-refractivity contribution in [3.8, 4) is 0 Å². The summed E-state index contributed by atoms with van der Waals surface area (Å²) in [6, 6.07) is 0. The summed E-state index contributed by atoms with van der Waals surface area (Å²) in [5, 5.41) is 15.2. The van der Waals surface area contributed by atoms with Crippen LogP contribution in [0.3, 0.4) is 0 Å². The van der Waals surface area contributed by atoms with Crippen LogP contribution < -0.4 is 10.6 Å². The zero-order valence-corrected chi connectivity index (χ0v) is 13.4. The zero-order valence-electron chi connectivity index (χ0n) is 13.4. The third kappa shape index (κ3) is 5.65. The number of rotatable bonds is 9. The van der Waals surface area contributed by atoms with Gasteiger partial charge in [0.05, 0.1) is 6.61 Å². The highest BCUT2D eigenvalue weighted by Crippen LogP contribution is 2.25. The number of carbonyl (C=O) groups is 2. The van der Waals surface area contributed by atoms with Crippen molar-refractivity contribution < 1.29 is 14.7 Å². The Bertz CT molecular complexity index is 326. The molecule has 0 atom stereocenters. The first-order valence-electron chi connectivity index (χ1n) is 8.22. The van der Waals surface area contributed by atoms with Gasteiger partial charge in [-0.1, -0.05) is 26.7 Å².